The molecule has 0 saturated heterocycles. The number of aromatic carboxylic acids is 1. The fraction of sp³-hybridized carbons (Fsp3) is 0.0909. The molecule has 0 spiro atoms. The van der Waals surface area contributed by atoms with Crippen molar-refractivity contribution in [2.45, 2.75) is 6.54 Å². The van der Waals surface area contributed by atoms with Gasteiger partial charge in [-0.2, -0.15) is 0 Å². The lowest BCUT2D eigenvalue weighted by Crippen LogP contribution is -2.23. The maximum atomic E-state index is 11.7. The van der Waals surface area contributed by atoms with E-state index in [0.29, 0.717) is 5.69 Å². The molecule has 0 bridgehead atoms. The van der Waals surface area contributed by atoms with E-state index in [1.807, 2.05) is 0 Å². The highest BCUT2D eigenvalue weighted by molar-refractivity contribution is 5.96. The van der Waals surface area contributed by atoms with Crippen molar-refractivity contribution in [2.24, 2.45) is 0 Å². The summed E-state index contributed by atoms with van der Waals surface area (Å²) in [4.78, 5) is 26.1. The standard InChI is InChI=1S/C11H9N3O4/c15-10(13-6-8-2-4-18-14-8)7-1-3-12-9(5-7)11(16)17/h1-5H,6H2,(H,13,15)(H,16,17). The molecule has 18 heavy (non-hydrogen) atoms. The Kier molecular flexibility index (Phi) is 3.33. The van der Waals surface area contributed by atoms with E-state index < -0.39 is 11.9 Å². The molecule has 0 aliphatic carbocycles. The van der Waals surface area contributed by atoms with Crippen molar-refractivity contribution < 1.29 is 19.2 Å². The van der Waals surface area contributed by atoms with Gasteiger partial charge in [0.05, 0.1) is 6.54 Å². The largest absolute Gasteiger partial charge is 0.477 e. The van der Waals surface area contributed by atoms with Crippen molar-refractivity contribution in [1.82, 2.24) is 15.5 Å². The van der Waals surface area contributed by atoms with Gasteiger partial charge in [-0.05, 0) is 12.1 Å². The molecule has 0 fully saturated rings. The van der Waals surface area contributed by atoms with Crippen LogP contribution in [0.15, 0.2) is 35.2 Å². The van der Waals surface area contributed by atoms with Crippen molar-refractivity contribution in [3.8, 4) is 0 Å². The van der Waals surface area contributed by atoms with Crippen LogP contribution in [0.25, 0.3) is 0 Å². The summed E-state index contributed by atoms with van der Waals surface area (Å²) in [5, 5.41) is 15.0. The van der Waals surface area contributed by atoms with E-state index in [1.54, 1.807) is 6.07 Å². The molecule has 0 aromatic carbocycles. The minimum absolute atomic E-state index is 0.177. The van der Waals surface area contributed by atoms with E-state index in [2.05, 4.69) is 20.0 Å². The number of pyridine rings is 1. The SMILES string of the molecule is O=C(NCc1ccon1)c1ccnc(C(=O)O)c1. The van der Waals surface area contributed by atoms with Crippen LogP contribution in [0.4, 0.5) is 0 Å². The van der Waals surface area contributed by atoms with Crippen LogP contribution < -0.4 is 5.32 Å². The van der Waals surface area contributed by atoms with Gasteiger partial charge in [0.15, 0.2) is 0 Å². The van der Waals surface area contributed by atoms with Crippen molar-refractivity contribution in [3.63, 3.8) is 0 Å². The van der Waals surface area contributed by atoms with Gasteiger partial charge in [-0.15, -0.1) is 0 Å². The number of rotatable bonds is 4. The molecule has 7 heteroatoms. The van der Waals surface area contributed by atoms with E-state index in [9.17, 15) is 9.59 Å². The number of amides is 1. The highest BCUT2D eigenvalue weighted by atomic mass is 16.5. The van der Waals surface area contributed by atoms with Crippen molar-refractivity contribution in [1.29, 1.82) is 0 Å². The lowest BCUT2D eigenvalue weighted by atomic mass is 10.2. The van der Waals surface area contributed by atoms with Crippen LogP contribution in [0.5, 0.6) is 0 Å². The van der Waals surface area contributed by atoms with Crippen LogP contribution in [-0.2, 0) is 6.54 Å². The third-order valence-corrected chi connectivity index (χ3v) is 2.16. The molecule has 0 radical (unpaired) electrons. The molecule has 0 saturated carbocycles. The summed E-state index contributed by atoms with van der Waals surface area (Å²) in [6.07, 6.45) is 2.67. The fourth-order valence-corrected chi connectivity index (χ4v) is 1.29. The normalized spacial score (nSPS) is 10.0. The zero-order valence-corrected chi connectivity index (χ0v) is 9.16. The van der Waals surface area contributed by atoms with Crippen molar-refractivity contribution in [2.75, 3.05) is 0 Å². The number of nitrogens with zero attached hydrogens (tertiary/aromatic N) is 2. The summed E-state index contributed by atoms with van der Waals surface area (Å²) in [5.41, 5.74) is 0.630. The van der Waals surface area contributed by atoms with Gasteiger partial charge in [-0.1, -0.05) is 5.16 Å². The molecular weight excluding hydrogens is 238 g/mol. The zero-order chi connectivity index (χ0) is 13.0. The number of carboxylic acids is 1. The topological polar surface area (TPSA) is 105 Å². The maximum Gasteiger partial charge on any atom is 0.354 e. The molecule has 0 aliphatic heterocycles. The van der Waals surface area contributed by atoms with Gasteiger partial charge in [0.1, 0.15) is 17.7 Å². The lowest BCUT2D eigenvalue weighted by Gasteiger charge is -2.03. The van der Waals surface area contributed by atoms with E-state index in [0.717, 1.165) is 0 Å². The van der Waals surface area contributed by atoms with Crippen LogP contribution in [-0.4, -0.2) is 27.1 Å². The summed E-state index contributed by atoms with van der Waals surface area (Å²) in [7, 11) is 0. The summed E-state index contributed by atoms with van der Waals surface area (Å²) in [6.45, 7) is 0.208. The van der Waals surface area contributed by atoms with Gasteiger partial charge in [0, 0.05) is 17.8 Å². The summed E-state index contributed by atoms with van der Waals surface area (Å²) in [6, 6.07) is 4.26. The molecule has 2 rings (SSSR count). The molecule has 0 atom stereocenters. The Hall–Kier alpha value is -2.70. The first kappa shape index (κ1) is 11.8. The number of carboxylic acid groups (broad SMARTS) is 1. The minimum atomic E-state index is -1.18. The van der Waals surface area contributed by atoms with Gasteiger partial charge in [-0.3, -0.25) is 4.79 Å². The number of hydrogen-bond donors (Lipinski definition) is 2. The number of aromatic nitrogens is 2. The molecule has 0 unspecified atom stereocenters. The second-order valence-electron chi connectivity index (χ2n) is 3.41. The van der Waals surface area contributed by atoms with Crippen LogP contribution in [0, 0.1) is 0 Å². The summed E-state index contributed by atoms with van der Waals surface area (Å²) >= 11 is 0. The Morgan fingerprint density at radius 2 is 2.22 bits per heavy atom. The van der Waals surface area contributed by atoms with Gasteiger partial charge in [0.25, 0.3) is 5.91 Å². The number of hydrogen-bond acceptors (Lipinski definition) is 5. The summed E-state index contributed by atoms with van der Waals surface area (Å²) in [5.74, 6) is -1.58. The Labute approximate surface area is 101 Å². The fourth-order valence-electron chi connectivity index (χ4n) is 1.29. The van der Waals surface area contributed by atoms with Crippen LogP contribution >= 0.6 is 0 Å². The molecule has 1 amide bonds. The molecule has 0 aliphatic rings. The minimum Gasteiger partial charge on any atom is -0.477 e. The van der Waals surface area contributed by atoms with Crippen LogP contribution in [0.3, 0.4) is 0 Å². The molecular formula is C11H9N3O4. The predicted octanol–water partition coefficient (Wildman–Crippen LogP) is 0.698. The highest BCUT2D eigenvalue weighted by Gasteiger charge is 2.10. The van der Waals surface area contributed by atoms with Crippen LogP contribution in [0.1, 0.15) is 26.5 Å². The molecule has 2 aromatic rings. The van der Waals surface area contributed by atoms with Gasteiger partial charge < -0.3 is 14.9 Å². The van der Waals surface area contributed by atoms with Crippen LogP contribution in [0.2, 0.25) is 0 Å². The third-order valence-electron chi connectivity index (χ3n) is 2.16. The van der Waals surface area contributed by atoms with Gasteiger partial charge in [-0.25, -0.2) is 9.78 Å². The predicted molar refractivity (Wildman–Crippen MR) is 58.9 cm³/mol. The first-order valence-corrected chi connectivity index (χ1v) is 5.03. The third kappa shape index (κ3) is 2.70. The molecule has 2 heterocycles. The molecule has 2 N–H and O–H groups in total. The van der Waals surface area contributed by atoms with Crippen molar-refractivity contribution >= 4 is 11.9 Å². The average Bonchev–Trinajstić information content (AvgIpc) is 2.89. The number of nitrogens with one attached hydrogen (secondary N) is 1. The molecule has 92 valence electrons. The maximum absolute atomic E-state index is 11.7. The molecule has 7 nitrogen and oxygen atoms in total. The highest BCUT2D eigenvalue weighted by Crippen LogP contribution is 2.03. The van der Waals surface area contributed by atoms with E-state index in [1.165, 1.54) is 24.6 Å². The number of carbonyl (C=O) groups excluding carboxylic acids is 1. The monoisotopic (exact) mass is 247 g/mol. The average molecular weight is 247 g/mol. The second kappa shape index (κ2) is 5.09. The second-order valence-corrected chi connectivity index (χ2v) is 3.41. The van der Waals surface area contributed by atoms with E-state index in [-0.39, 0.29) is 17.8 Å². The van der Waals surface area contributed by atoms with Gasteiger partial charge >= 0.3 is 5.97 Å². The van der Waals surface area contributed by atoms with E-state index in [4.69, 9.17) is 5.11 Å². The quantitative estimate of drug-likeness (QED) is 0.823. The smallest absolute Gasteiger partial charge is 0.354 e. The Bertz CT molecular complexity index is 565. The first-order chi connectivity index (χ1) is 8.66. The van der Waals surface area contributed by atoms with Crippen molar-refractivity contribution in [3.05, 3.63) is 47.6 Å². The number of carbonyl (C=O) groups is 2. The molecule has 2 aromatic heterocycles. The van der Waals surface area contributed by atoms with E-state index >= 15 is 0 Å². The first-order valence-electron chi connectivity index (χ1n) is 5.03. The zero-order valence-electron chi connectivity index (χ0n) is 9.16. The van der Waals surface area contributed by atoms with Gasteiger partial charge in [0.2, 0.25) is 0 Å². The summed E-state index contributed by atoms with van der Waals surface area (Å²) < 4.78 is 4.61. The Morgan fingerprint density at radius 1 is 1.39 bits per heavy atom. The Morgan fingerprint density at radius 3 is 2.89 bits per heavy atom. The lowest BCUT2D eigenvalue weighted by molar-refractivity contribution is 0.0690. The Balaban J connectivity index is 2.04.